The van der Waals surface area contributed by atoms with Gasteiger partial charge in [0.25, 0.3) is 7.12 Å². The Bertz CT molecular complexity index is 837. The lowest BCUT2D eigenvalue weighted by molar-refractivity contribution is 0.0596. The predicted octanol–water partition coefficient (Wildman–Crippen LogP) is -0.0448. The van der Waals surface area contributed by atoms with Gasteiger partial charge in [-0.25, -0.2) is 18.0 Å². The predicted molar refractivity (Wildman–Crippen MR) is 77.6 cm³/mol. The Labute approximate surface area is 119 Å². The number of carbonyl (C=O) groups excluding carboxylic acids is 1. The summed E-state index contributed by atoms with van der Waals surface area (Å²) >= 11 is 1.09. The molecule has 0 bridgehead atoms. The molecular weight excluding hydrogens is 305 g/mol. The molecule has 2 rings (SSSR count). The van der Waals surface area contributed by atoms with Gasteiger partial charge in [-0.1, -0.05) is 0 Å². The number of esters is 1. The quantitative estimate of drug-likeness (QED) is 0.582. The van der Waals surface area contributed by atoms with Crippen molar-refractivity contribution in [1.82, 2.24) is 0 Å². The zero-order chi connectivity index (χ0) is 15.1. The second-order valence-electron chi connectivity index (χ2n) is 3.98. The fourth-order valence-electron chi connectivity index (χ4n) is 1.47. The highest BCUT2D eigenvalue weighted by molar-refractivity contribution is 8.13. The second kappa shape index (κ2) is 4.95. The van der Waals surface area contributed by atoms with Crippen molar-refractivity contribution >= 4 is 49.6 Å². The minimum atomic E-state index is -3.41. The summed E-state index contributed by atoms with van der Waals surface area (Å²) in [6.45, 7) is 0. The van der Waals surface area contributed by atoms with Gasteiger partial charge in [0, 0.05) is 13.1 Å². The number of carbonyl (C=O) groups is 1. The number of anilines is 1. The van der Waals surface area contributed by atoms with Crippen LogP contribution in [0, 0.1) is 0 Å². The van der Waals surface area contributed by atoms with E-state index in [1.54, 1.807) is 0 Å². The summed E-state index contributed by atoms with van der Waals surface area (Å²) in [5, 5.41) is 0.382. The summed E-state index contributed by atoms with van der Waals surface area (Å²) in [7, 11) is 0.195. The third kappa shape index (κ3) is 2.56. The van der Waals surface area contributed by atoms with Crippen LogP contribution in [0.4, 0.5) is 5.00 Å². The lowest BCUT2D eigenvalue weighted by Gasteiger charge is -2.13. The van der Waals surface area contributed by atoms with Crippen molar-refractivity contribution < 1.29 is 22.4 Å². The molecule has 0 atom stereocenters. The Morgan fingerprint density at radius 2 is 2.10 bits per heavy atom. The van der Waals surface area contributed by atoms with E-state index < -0.39 is 21.5 Å². The highest BCUT2D eigenvalue weighted by Crippen LogP contribution is 2.32. The van der Waals surface area contributed by atoms with E-state index >= 15 is 0 Å². The van der Waals surface area contributed by atoms with Gasteiger partial charge in [-0.15, -0.1) is 11.3 Å². The molecule has 0 aliphatic carbocycles. The SMILES string of the molecule is BS(=O)(=O)N(C)c1cc2oc(=O)c(C(=O)OC)cc2s1. The molecule has 20 heavy (non-hydrogen) atoms. The molecule has 0 aromatic carbocycles. The highest BCUT2D eigenvalue weighted by atomic mass is 32.2. The molecule has 0 N–H and O–H groups in total. The topological polar surface area (TPSA) is 93.9 Å². The molecular formula is C10H10BNO6S2. The van der Waals surface area contributed by atoms with Crippen molar-refractivity contribution in [2.24, 2.45) is 0 Å². The maximum Gasteiger partial charge on any atom is 0.351 e. The van der Waals surface area contributed by atoms with Gasteiger partial charge in [0.1, 0.15) is 10.6 Å². The normalized spacial score (nSPS) is 11.5. The molecule has 0 radical (unpaired) electrons. The summed E-state index contributed by atoms with van der Waals surface area (Å²) in [4.78, 5) is 23.0. The van der Waals surface area contributed by atoms with Gasteiger partial charge in [-0.05, 0) is 6.07 Å². The van der Waals surface area contributed by atoms with E-state index in [0.29, 0.717) is 9.70 Å². The maximum atomic E-state index is 11.6. The van der Waals surface area contributed by atoms with Crippen molar-refractivity contribution in [1.29, 1.82) is 0 Å². The number of hydrogen-bond acceptors (Lipinski definition) is 7. The minimum Gasteiger partial charge on any atom is -0.465 e. The molecule has 10 heteroatoms. The van der Waals surface area contributed by atoms with Gasteiger partial charge in [-0.3, -0.25) is 4.31 Å². The van der Waals surface area contributed by atoms with E-state index in [2.05, 4.69) is 4.74 Å². The first-order valence-corrected chi connectivity index (χ1v) is 8.00. The van der Waals surface area contributed by atoms with Crippen LogP contribution in [-0.2, 0) is 14.6 Å². The van der Waals surface area contributed by atoms with Gasteiger partial charge in [0.2, 0.25) is 0 Å². The summed E-state index contributed by atoms with van der Waals surface area (Å²) in [5.41, 5.74) is -0.829. The van der Waals surface area contributed by atoms with Gasteiger partial charge in [0.05, 0.1) is 11.8 Å². The molecule has 0 saturated carbocycles. The fraction of sp³-hybridized carbons (Fsp3) is 0.200. The van der Waals surface area contributed by atoms with E-state index in [-0.39, 0.29) is 11.1 Å². The number of ether oxygens (including phenoxy) is 1. The first-order chi connectivity index (χ1) is 9.24. The van der Waals surface area contributed by atoms with Gasteiger partial charge < -0.3 is 9.15 Å². The van der Waals surface area contributed by atoms with Crippen molar-refractivity contribution in [2.45, 2.75) is 0 Å². The monoisotopic (exact) mass is 315 g/mol. The summed E-state index contributed by atoms with van der Waals surface area (Å²) in [6.07, 6.45) is 0. The lowest BCUT2D eigenvalue weighted by atomic mass is 10.3. The first-order valence-electron chi connectivity index (χ1n) is 5.34. The fourth-order valence-corrected chi connectivity index (χ4v) is 3.27. The number of thiophene rings is 1. The van der Waals surface area contributed by atoms with Crippen molar-refractivity contribution in [3.05, 3.63) is 28.1 Å². The Balaban J connectivity index is 2.61. The average molecular weight is 315 g/mol. The number of rotatable bonds is 3. The van der Waals surface area contributed by atoms with E-state index in [1.807, 2.05) is 0 Å². The number of nitrogens with zero attached hydrogens (tertiary/aromatic N) is 1. The van der Waals surface area contributed by atoms with Crippen LogP contribution in [0.25, 0.3) is 10.3 Å². The number of fused-ring (bicyclic) bond motifs is 1. The summed E-state index contributed by atoms with van der Waals surface area (Å²) in [6, 6.07) is 2.76. The van der Waals surface area contributed by atoms with Gasteiger partial charge >= 0.3 is 11.6 Å². The Kier molecular flexibility index (Phi) is 3.61. The zero-order valence-corrected chi connectivity index (χ0v) is 12.5. The Hall–Kier alpha value is -1.81. The molecule has 106 valence electrons. The third-order valence-electron chi connectivity index (χ3n) is 2.62. The van der Waals surface area contributed by atoms with Crippen LogP contribution in [0.3, 0.4) is 0 Å². The van der Waals surface area contributed by atoms with Crippen molar-refractivity contribution in [3.63, 3.8) is 0 Å². The molecule has 2 aromatic heterocycles. The van der Waals surface area contributed by atoms with E-state index in [4.69, 9.17) is 4.42 Å². The van der Waals surface area contributed by atoms with Gasteiger partial charge in [0.15, 0.2) is 15.5 Å². The molecule has 7 nitrogen and oxygen atoms in total. The smallest absolute Gasteiger partial charge is 0.351 e. The molecule has 0 fully saturated rings. The zero-order valence-electron chi connectivity index (χ0n) is 10.9. The van der Waals surface area contributed by atoms with E-state index in [0.717, 1.165) is 29.9 Å². The Morgan fingerprint density at radius 3 is 2.65 bits per heavy atom. The largest absolute Gasteiger partial charge is 0.465 e. The first kappa shape index (κ1) is 14.6. The minimum absolute atomic E-state index is 0.221. The molecule has 0 aliphatic heterocycles. The third-order valence-corrected chi connectivity index (χ3v) is 5.07. The number of methoxy groups -OCH3 is 1. The van der Waals surface area contributed by atoms with Crippen molar-refractivity contribution in [3.8, 4) is 0 Å². The summed E-state index contributed by atoms with van der Waals surface area (Å²) < 4.78 is 33.9. The van der Waals surface area contributed by atoms with Crippen LogP contribution in [0.5, 0.6) is 0 Å². The van der Waals surface area contributed by atoms with Crippen LogP contribution in [0.15, 0.2) is 21.3 Å². The van der Waals surface area contributed by atoms with E-state index in [1.165, 1.54) is 19.2 Å². The van der Waals surface area contributed by atoms with Crippen LogP contribution in [-0.4, -0.2) is 35.7 Å². The van der Waals surface area contributed by atoms with Crippen LogP contribution >= 0.6 is 11.3 Å². The Morgan fingerprint density at radius 1 is 1.45 bits per heavy atom. The molecule has 0 saturated heterocycles. The van der Waals surface area contributed by atoms with Crippen molar-refractivity contribution in [2.75, 3.05) is 18.5 Å². The molecule has 0 unspecified atom stereocenters. The summed E-state index contributed by atoms with van der Waals surface area (Å²) in [5.74, 6) is -0.799. The maximum absolute atomic E-state index is 11.6. The van der Waals surface area contributed by atoms with Crippen LogP contribution in [0.2, 0.25) is 0 Å². The molecule has 2 aromatic rings. The standard InChI is InChI=1S/C10H10BNO6S2/c1-12(20(11,15)16)8-4-6-7(19-8)3-5(9(13)17-2)10(14)18-6/h3-4H,11H2,1-2H3. The molecule has 0 aliphatic rings. The molecule has 0 amide bonds. The highest BCUT2D eigenvalue weighted by Gasteiger charge is 2.19. The van der Waals surface area contributed by atoms with E-state index in [9.17, 15) is 18.0 Å². The van der Waals surface area contributed by atoms with Crippen LogP contribution < -0.4 is 9.93 Å². The lowest BCUT2D eigenvalue weighted by Crippen LogP contribution is -2.24. The average Bonchev–Trinajstić information content (AvgIpc) is 2.77. The molecule has 0 spiro atoms. The number of hydrogen-bond donors (Lipinski definition) is 0. The van der Waals surface area contributed by atoms with Gasteiger partial charge in [-0.2, -0.15) is 0 Å². The van der Waals surface area contributed by atoms with Crippen LogP contribution in [0.1, 0.15) is 10.4 Å². The molecule has 2 heterocycles. The second-order valence-corrected chi connectivity index (χ2v) is 7.06.